The first kappa shape index (κ1) is 19.8. The second kappa shape index (κ2) is 9.30. The number of carbonyl (C=O) groups excluding carboxylic acids is 1. The summed E-state index contributed by atoms with van der Waals surface area (Å²) in [4.78, 5) is 21.4. The molecule has 0 radical (unpaired) electrons. The largest absolute Gasteiger partial charge is 0.340 e. The molecular formula is C20H23FN3OS2+. The van der Waals surface area contributed by atoms with E-state index < -0.39 is 0 Å². The van der Waals surface area contributed by atoms with Crippen LogP contribution in [0, 0.1) is 5.82 Å². The van der Waals surface area contributed by atoms with Crippen molar-refractivity contribution in [2.75, 3.05) is 37.8 Å². The second-order valence-corrected chi connectivity index (χ2v) is 8.60. The van der Waals surface area contributed by atoms with E-state index in [9.17, 15) is 9.18 Å². The van der Waals surface area contributed by atoms with Gasteiger partial charge in [-0.1, -0.05) is 35.6 Å². The molecule has 0 saturated carbocycles. The van der Waals surface area contributed by atoms with E-state index in [-0.39, 0.29) is 11.7 Å². The Morgan fingerprint density at radius 1 is 1.19 bits per heavy atom. The summed E-state index contributed by atoms with van der Waals surface area (Å²) in [5.74, 6) is -0.0204. The van der Waals surface area contributed by atoms with E-state index in [4.69, 9.17) is 0 Å². The monoisotopic (exact) mass is 404 g/mol. The Balaban J connectivity index is 1.78. The van der Waals surface area contributed by atoms with Crippen LogP contribution in [0.4, 0.5) is 9.52 Å². The summed E-state index contributed by atoms with van der Waals surface area (Å²) in [6, 6.07) is 14.8. The number of quaternary nitrogens is 1. The number of nitrogens with zero attached hydrogens (tertiary/aromatic N) is 2. The highest BCUT2D eigenvalue weighted by atomic mass is 32.2. The highest BCUT2D eigenvalue weighted by Crippen LogP contribution is 2.31. The minimum atomic E-state index is -0.348. The smallest absolute Gasteiger partial charge is 0.239 e. The van der Waals surface area contributed by atoms with E-state index in [1.165, 1.54) is 34.1 Å². The van der Waals surface area contributed by atoms with Crippen molar-refractivity contribution in [2.24, 2.45) is 0 Å². The lowest BCUT2D eigenvalue weighted by Gasteiger charge is -2.20. The normalized spacial score (nSPS) is 11.3. The molecule has 1 heterocycles. The molecule has 0 bridgehead atoms. The van der Waals surface area contributed by atoms with Gasteiger partial charge in [-0.15, -0.1) is 11.8 Å². The van der Waals surface area contributed by atoms with Crippen LogP contribution in [-0.4, -0.2) is 43.8 Å². The SMILES string of the molecule is C[NH+](C)CCCN(C(=O)CSc1ccccc1)c1nc2c(F)cccc2s1. The van der Waals surface area contributed by atoms with Crippen molar-refractivity contribution >= 4 is 44.4 Å². The Bertz CT molecular complexity index is 899. The molecule has 0 saturated heterocycles. The molecule has 1 amide bonds. The molecule has 3 aromatic rings. The molecule has 0 aliphatic carbocycles. The third-order valence-corrected chi connectivity index (χ3v) is 6.09. The van der Waals surface area contributed by atoms with Gasteiger partial charge in [0.1, 0.15) is 11.3 Å². The van der Waals surface area contributed by atoms with Crippen molar-refractivity contribution in [3.63, 3.8) is 0 Å². The number of fused-ring (bicyclic) bond motifs is 1. The van der Waals surface area contributed by atoms with Crippen LogP contribution in [0.3, 0.4) is 0 Å². The van der Waals surface area contributed by atoms with Gasteiger partial charge in [-0.05, 0) is 24.3 Å². The summed E-state index contributed by atoms with van der Waals surface area (Å²) in [6.07, 6.45) is 0.864. The van der Waals surface area contributed by atoms with Gasteiger partial charge in [0, 0.05) is 17.9 Å². The number of carbonyl (C=O) groups is 1. The van der Waals surface area contributed by atoms with Crippen LogP contribution < -0.4 is 9.80 Å². The predicted molar refractivity (Wildman–Crippen MR) is 111 cm³/mol. The average Bonchev–Trinajstić information content (AvgIpc) is 3.09. The van der Waals surface area contributed by atoms with Crippen molar-refractivity contribution in [3.05, 3.63) is 54.3 Å². The number of nitrogens with one attached hydrogen (secondary N) is 1. The summed E-state index contributed by atoms with van der Waals surface area (Å²) in [5, 5.41) is 0.572. The molecule has 1 aromatic heterocycles. The maximum absolute atomic E-state index is 14.0. The Morgan fingerprint density at radius 2 is 1.96 bits per heavy atom. The molecule has 3 rings (SSSR count). The van der Waals surface area contributed by atoms with Gasteiger partial charge in [0.15, 0.2) is 5.13 Å². The molecule has 0 spiro atoms. The first-order chi connectivity index (χ1) is 13.0. The number of thioether (sulfide) groups is 1. The summed E-state index contributed by atoms with van der Waals surface area (Å²) in [7, 11) is 4.18. The number of thiazole rings is 1. The lowest BCUT2D eigenvalue weighted by atomic mass is 10.3. The zero-order chi connectivity index (χ0) is 19.2. The highest BCUT2D eigenvalue weighted by molar-refractivity contribution is 8.00. The highest BCUT2D eigenvalue weighted by Gasteiger charge is 2.21. The lowest BCUT2D eigenvalue weighted by molar-refractivity contribution is -0.858. The average molecular weight is 405 g/mol. The first-order valence-electron chi connectivity index (χ1n) is 8.87. The van der Waals surface area contributed by atoms with Crippen LogP contribution in [0.25, 0.3) is 10.2 Å². The Labute approximate surface area is 167 Å². The van der Waals surface area contributed by atoms with Gasteiger partial charge < -0.3 is 4.90 Å². The number of benzene rings is 2. The minimum absolute atomic E-state index is 0.00271. The maximum atomic E-state index is 14.0. The van der Waals surface area contributed by atoms with E-state index >= 15 is 0 Å². The standard InChI is InChI=1S/C20H22FN3OS2/c1-23(2)12-7-13-24(18(25)14-26-15-8-4-3-5-9-15)20-22-19-16(21)10-6-11-17(19)27-20/h3-6,8-11H,7,12-14H2,1-2H3/p+1. The van der Waals surface area contributed by atoms with Gasteiger partial charge in [0.2, 0.25) is 5.91 Å². The van der Waals surface area contributed by atoms with Gasteiger partial charge in [-0.2, -0.15) is 0 Å². The van der Waals surface area contributed by atoms with E-state index in [1.54, 1.807) is 11.0 Å². The Morgan fingerprint density at radius 3 is 2.67 bits per heavy atom. The van der Waals surface area contributed by atoms with Crippen LogP contribution in [0.2, 0.25) is 0 Å². The number of anilines is 1. The number of hydrogen-bond donors (Lipinski definition) is 1. The molecule has 27 heavy (non-hydrogen) atoms. The molecular weight excluding hydrogens is 381 g/mol. The van der Waals surface area contributed by atoms with Gasteiger partial charge in [-0.3, -0.25) is 9.69 Å². The molecule has 0 aliphatic heterocycles. The van der Waals surface area contributed by atoms with Crippen LogP contribution in [-0.2, 0) is 4.79 Å². The van der Waals surface area contributed by atoms with Crippen molar-refractivity contribution in [1.82, 2.24) is 4.98 Å². The van der Waals surface area contributed by atoms with E-state index in [2.05, 4.69) is 19.1 Å². The Hall–Kier alpha value is -1.96. The number of aromatic nitrogens is 1. The molecule has 2 aromatic carbocycles. The molecule has 7 heteroatoms. The lowest BCUT2D eigenvalue weighted by Crippen LogP contribution is -3.05. The topological polar surface area (TPSA) is 37.6 Å². The number of halogens is 1. The van der Waals surface area contributed by atoms with E-state index in [0.717, 1.165) is 22.6 Å². The fraction of sp³-hybridized carbons (Fsp3) is 0.300. The molecule has 0 unspecified atom stereocenters. The van der Waals surface area contributed by atoms with Gasteiger partial charge >= 0.3 is 0 Å². The zero-order valence-electron chi connectivity index (χ0n) is 15.4. The second-order valence-electron chi connectivity index (χ2n) is 6.54. The third kappa shape index (κ3) is 5.28. The van der Waals surface area contributed by atoms with Crippen molar-refractivity contribution in [2.45, 2.75) is 11.3 Å². The van der Waals surface area contributed by atoms with Crippen LogP contribution in [0.5, 0.6) is 0 Å². The predicted octanol–water partition coefficient (Wildman–Crippen LogP) is 3.10. The summed E-state index contributed by atoms with van der Waals surface area (Å²) < 4.78 is 14.8. The van der Waals surface area contributed by atoms with Crippen LogP contribution in [0.1, 0.15) is 6.42 Å². The van der Waals surface area contributed by atoms with Crippen molar-refractivity contribution in [1.29, 1.82) is 0 Å². The van der Waals surface area contributed by atoms with Crippen molar-refractivity contribution in [3.8, 4) is 0 Å². The number of hydrogen-bond acceptors (Lipinski definition) is 4. The van der Waals surface area contributed by atoms with Gasteiger partial charge in [0.05, 0.1) is 31.1 Å². The fourth-order valence-electron chi connectivity index (χ4n) is 2.68. The molecule has 0 aliphatic rings. The molecule has 0 atom stereocenters. The zero-order valence-corrected chi connectivity index (χ0v) is 17.1. The number of amides is 1. The molecule has 0 fully saturated rings. The van der Waals surface area contributed by atoms with E-state index in [1.807, 2.05) is 36.4 Å². The first-order valence-corrected chi connectivity index (χ1v) is 10.7. The minimum Gasteiger partial charge on any atom is -0.340 e. The van der Waals surface area contributed by atoms with E-state index in [0.29, 0.717) is 22.9 Å². The number of para-hydroxylation sites is 1. The summed E-state index contributed by atoms with van der Waals surface area (Å²) in [5.41, 5.74) is 0.337. The summed E-state index contributed by atoms with van der Waals surface area (Å²) >= 11 is 2.87. The number of rotatable bonds is 8. The third-order valence-electron chi connectivity index (χ3n) is 4.05. The molecule has 4 nitrogen and oxygen atoms in total. The van der Waals surface area contributed by atoms with Gasteiger partial charge in [0.25, 0.3) is 0 Å². The fourth-order valence-corrected chi connectivity index (χ4v) is 4.50. The van der Waals surface area contributed by atoms with Crippen LogP contribution in [0.15, 0.2) is 53.4 Å². The molecule has 1 N–H and O–H groups in total. The van der Waals surface area contributed by atoms with Crippen molar-refractivity contribution < 1.29 is 14.1 Å². The Kier molecular flexibility index (Phi) is 6.82. The maximum Gasteiger partial charge on any atom is 0.239 e. The quantitative estimate of drug-likeness (QED) is 0.587. The van der Waals surface area contributed by atoms with Crippen LogP contribution >= 0.6 is 23.1 Å². The van der Waals surface area contributed by atoms with Gasteiger partial charge in [-0.25, -0.2) is 9.37 Å². The molecule has 142 valence electrons. The summed E-state index contributed by atoms with van der Waals surface area (Å²) in [6.45, 7) is 1.54.